The van der Waals surface area contributed by atoms with E-state index in [0.29, 0.717) is 0 Å². The molecule has 0 aliphatic heterocycles. The third-order valence-corrected chi connectivity index (χ3v) is 4.44. The number of hydrogen-bond donors (Lipinski definition) is 1. The lowest BCUT2D eigenvalue weighted by molar-refractivity contribution is 0.494. The minimum atomic E-state index is 0.0910. The van der Waals surface area contributed by atoms with Crippen LogP contribution in [0.2, 0.25) is 0 Å². The number of halogens is 1. The molecule has 2 rings (SSSR count). The number of rotatable bonds is 6. The summed E-state index contributed by atoms with van der Waals surface area (Å²) < 4.78 is 3.12. The summed E-state index contributed by atoms with van der Waals surface area (Å²) in [5.41, 5.74) is 3.28. The van der Waals surface area contributed by atoms with E-state index in [-0.39, 0.29) is 6.04 Å². The first kappa shape index (κ1) is 16.1. The lowest BCUT2D eigenvalue weighted by atomic mass is 10.1. The summed E-state index contributed by atoms with van der Waals surface area (Å²) in [7, 11) is 0. The molecule has 0 aromatic carbocycles. The second-order valence-electron chi connectivity index (χ2n) is 5.09. The van der Waals surface area contributed by atoms with Crippen LogP contribution in [0.25, 0.3) is 0 Å². The Balaban J connectivity index is 2.30. The van der Waals surface area contributed by atoms with Gasteiger partial charge in [0.1, 0.15) is 5.82 Å². The van der Waals surface area contributed by atoms with Crippen LogP contribution >= 0.6 is 15.9 Å². The van der Waals surface area contributed by atoms with E-state index in [9.17, 15) is 0 Å². The van der Waals surface area contributed by atoms with Crippen LogP contribution in [0.15, 0.2) is 16.9 Å². The van der Waals surface area contributed by atoms with Crippen LogP contribution in [-0.2, 0) is 13.0 Å². The molecule has 0 radical (unpaired) electrons. The first-order valence-electron chi connectivity index (χ1n) is 7.30. The van der Waals surface area contributed by atoms with Gasteiger partial charge in [0.15, 0.2) is 0 Å². The van der Waals surface area contributed by atoms with Crippen molar-refractivity contribution in [2.45, 2.75) is 46.7 Å². The zero-order valence-electron chi connectivity index (χ0n) is 13.0. The molecule has 1 N–H and O–H groups in total. The number of nitrogens with zero attached hydrogens (tertiary/aromatic N) is 4. The van der Waals surface area contributed by atoms with Crippen molar-refractivity contribution in [3.63, 3.8) is 0 Å². The third kappa shape index (κ3) is 3.68. The molecule has 21 heavy (non-hydrogen) atoms. The number of aryl methyl sites for hydroxylation is 3. The highest BCUT2D eigenvalue weighted by Crippen LogP contribution is 2.25. The van der Waals surface area contributed by atoms with Gasteiger partial charge in [-0.25, -0.2) is 9.97 Å². The van der Waals surface area contributed by atoms with E-state index in [0.717, 1.165) is 41.1 Å². The SMILES string of the molecule is CCNC(Cc1c(Br)c(C)nn1CC)c1ncc(C)cn1. The lowest BCUT2D eigenvalue weighted by Gasteiger charge is -2.17. The molecule has 1 atom stereocenters. The number of aromatic nitrogens is 4. The summed E-state index contributed by atoms with van der Waals surface area (Å²) in [4.78, 5) is 8.93. The number of hydrogen-bond acceptors (Lipinski definition) is 4. The molecule has 1 unspecified atom stereocenters. The normalized spacial score (nSPS) is 12.6. The van der Waals surface area contributed by atoms with Crippen LogP contribution in [0.3, 0.4) is 0 Å². The zero-order valence-corrected chi connectivity index (χ0v) is 14.6. The average Bonchev–Trinajstić information content (AvgIpc) is 2.75. The summed E-state index contributed by atoms with van der Waals surface area (Å²) in [6.07, 6.45) is 4.54. The van der Waals surface area contributed by atoms with Gasteiger partial charge in [-0.05, 0) is 48.8 Å². The lowest BCUT2D eigenvalue weighted by Crippen LogP contribution is -2.26. The van der Waals surface area contributed by atoms with Crippen LogP contribution in [0.5, 0.6) is 0 Å². The molecule has 6 heteroatoms. The molecule has 0 aliphatic carbocycles. The molecule has 0 fully saturated rings. The fraction of sp³-hybridized carbons (Fsp3) is 0.533. The molecule has 2 aromatic heterocycles. The Morgan fingerprint density at radius 2 is 1.90 bits per heavy atom. The van der Waals surface area contributed by atoms with Crippen LogP contribution < -0.4 is 5.32 Å². The summed E-state index contributed by atoms with van der Waals surface area (Å²) in [6, 6.07) is 0.0910. The van der Waals surface area contributed by atoms with Crippen molar-refractivity contribution in [2.75, 3.05) is 6.54 Å². The first-order valence-corrected chi connectivity index (χ1v) is 8.09. The Labute approximate surface area is 134 Å². The maximum atomic E-state index is 4.55. The third-order valence-electron chi connectivity index (χ3n) is 3.41. The quantitative estimate of drug-likeness (QED) is 0.869. The van der Waals surface area contributed by atoms with Gasteiger partial charge >= 0.3 is 0 Å². The van der Waals surface area contributed by atoms with Crippen molar-refractivity contribution in [1.82, 2.24) is 25.1 Å². The zero-order chi connectivity index (χ0) is 15.4. The molecule has 0 amide bonds. The molecule has 0 spiro atoms. The molecule has 5 nitrogen and oxygen atoms in total. The van der Waals surface area contributed by atoms with Gasteiger partial charge < -0.3 is 5.32 Å². The molecule has 0 aliphatic rings. The highest BCUT2D eigenvalue weighted by molar-refractivity contribution is 9.10. The predicted molar refractivity (Wildman–Crippen MR) is 87.2 cm³/mol. The molecule has 0 saturated heterocycles. The van der Waals surface area contributed by atoms with Crippen LogP contribution in [0.1, 0.15) is 42.7 Å². The van der Waals surface area contributed by atoms with Crippen molar-refractivity contribution < 1.29 is 0 Å². The highest BCUT2D eigenvalue weighted by Gasteiger charge is 2.20. The topological polar surface area (TPSA) is 55.6 Å². The molecule has 2 heterocycles. The van der Waals surface area contributed by atoms with E-state index in [2.05, 4.69) is 50.2 Å². The van der Waals surface area contributed by atoms with E-state index < -0.39 is 0 Å². The summed E-state index contributed by atoms with van der Waals surface area (Å²) in [5, 5.41) is 8.02. The van der Waals surface area contributed by atoms with Gasteiger partial charge in [-0.1, -0.05) is 6.92 Å². The van der Waals surface area contributed by atoms with Crippen molar-refractivity contribution in [2.24, 2.45) is 0 Å². The number of nitrogens with one attached hydrogen (secondary N) is 1. The van der Waals surface area contributed by atoms with Crippen molar-refractivity contribution in [1.29, 1.82) is 0 Å². The molecule has 0 saturated carbocycles. The van der Waals surface area contributed by atoms with E-state index in [1.54, 1.807) is 0 Å². The van der Waals surface area contributed by atoms with Gasteiger partial charge in [0.25, 0.3) is 0 Å². The predicted octanol–water partition coefficient (Wildman–Crippen LogP) is 2.97. The summed E-state index contributed by atoms with van der Waals surface area (Å²) in [6.45, 7) is 9.95. The maximum Gasteiger partial charge on any atom is 0.145 e. The van der Waals surface area contributed by atoms with Gasteiger partial charge in [-0.15, -0.1) is 0 Å². The number of likely N-dealkylation sites (N-methyl/N-ethyl adjacent to an activating group) is 1. The minimum Gasteiger partial charge on any atom is -0.307 e. The molecular formula is C15H22BrN5. The first-order chi connectivity index (χ1) is 10.1. The van der Waals surface area contributed by atoms with Crippen LogP contribution in [-0.4, -0.2) is 26.3 Å². The summed E-state index contributed by atoms with van der Waals surface area (Å²) in [5.74, 6) is 0.829. The van der Waals surface area contributed by atoms with Gasteiger partial charge in [-0.2, -0.15) is 5.10 Å². The van der Waals surface area contributed by atoms with Gasteiger partial charge in [-0.3, -0.25) is 4.68 Å². The van der Waals surface area contributed by atoms with Gasteiger partial charge in [0, 0.05) is 25.4 Å². The smallest absolute Gasteiger partial charge is 0.145 e. The second kappa shape index (κ2) is 7.13. The fourth-order valence-corrected chi connectivity index (χ4v) is 2.79. The fourth-order valence-electron chi connectivity index (χ4n) is 2.34. The second-order valence-corrected chi connectivity index (χ2v) is 5.89. The maximum absolute atomic E-state index is 4.55. The van der Waals surface area contributed by atoms with Crippen molar-refractivity contribution in [3.8, 4) is 0 Å². The Morgan fingerprint density at radius 3 is 2.48 bits per heavy atom. The van der Waals surface area contributed by atoms with E-state index in [4.69, 9.17) is 0 Å². The van der Waals surface area contributed by atoms with Gasteiger partial charge in [0.05, 0.1) is 21.9 Å². The highest BCUT2D eigenvalue weighted by atomic mass is 79.9. The molecule has 114 valence electrons. The average molecular weight is 352 g/mol. The molecule has 2 aromatic rings. The van der Waals surface area contributed by atoms with E-state index in [1.807, 2.05) is 30.9 Å². The van der Waals surface area contributed by atoms with E-state index in [1.165, 1.54) is 5.69 Å². The summed E-state index contributed by atoms with van der Waals surface area (Å²) >= 11 is 3.65. The Morgan fingerprint density at radius 1 is 1.24 bits per heavy atom. The Kier molecular flexibility index (Phi) is 5.47. The Hall–Kier alpha value is -1.27. The van der Waals surface area contributed by atoms with Crippen LogP contribution in [0.4, 0.5) is 0 Å². The van der Waals surface area contributed by atoms with E-state index >= 15 is 0 Å². The minimum absolute atomic E-state index is 0.0910. The van der Waals surface area contributed by atoms with Gasteiger partial charge in [0.2, 0.25) is 0 Å². The standard InChI is InChI=1S/C15H22BrN5/c1-5-17-12(15-18-8-10(3)9-19-15)7-13-14(16)11(4)20-21(13)6-2/h8-9,12,17H,5-7H2,1-4H3. The van der Waals surface area contributed by atoms with Crippen LogP contribution in [0, 0.1) is 13.8 Å². The van der Waals surface area contributed by atoms with Crippen molar-refractivity contribution in [3.05, 3.63) is 39.6 Å². The monoisotopic (exact) mass is 351 g/mol. The largest absolute Gasteiger partial charge is 0.307 e. The van der Waals surface area contributed by atoms with Crippen molar-refractivity contribution >= 4 is 15.9 Å². The molecule has 0 bridgehead atoms. The molecular weight excluding hydrogens is 330 g/mol. The Bertz CT molecular complexity index is 591.